The van der Waals surface area contributed by atoms with Crippen LogP contribution in [0.3, 0.4) is 0 Å². The fraction of sp³-hybridized carbons (Fsp3) is 0.647. The number of benzene rings is 1. The summed E-state index contributed by atoms with van der Waals surface area (Å²) in [5, 5.41) is 10.2. The quantitative estimate of drug-likeness (QED) is 0.898. The van der Waals surface area contributed by atoms with Crippen molar-refractivity contribution < 1.29 is 9.84 Å². The number of ether oxygens (including phenoxy) is 1. The third-order valence-electron chi connectivity index (χ3n) is 5.07. The summed E-state index contributed by atoms with van der Waals surface area (Å²) in [7, 11) is 0. The molecule has 1 N–H and O–H groups in total. The highest BCUT2D eigenvalue weighted by atomic mass is 16.5. The monoisotopic (exact) mass is 260 g/mol. The van der Waals surface area contributed by atoms with E-state index in [1.54, 1.807) is 0 Å². The van der Waals surface area contributed by atoms with Gasteiger partial charge in [0.25, 0.3) is 0 Å². The summed E-state index contributed by atoms with van der Waals surface area (Å²) in [6.07, 6.45) is 8.39. The minimum atomic E-state index is -0.133. The van der Waals surface area contributed by atoms with Crippen molar-refractivity contribution in [1.82, 2.24) is 0 Å². The summed E-state index contributed by atoms with van der Waals surface area (Å²) in [5.41, 5.74) is 1.30. The molecule has 2 unspecified atom stereocenters. The fourth-order valence-electron chi connectivity index (χ4n) is 3.77. The lowest BCUT2D eigenvalue weighted by Crippen LogP contribution is -2.57. The molecule has 2 heteroatoms. The van der Waals surface area contributed by atoms with E-state index in [2.05, 4.69) is 24.3 Å². The molecule has 3 rings (SSSR count). The van der Waals surface area contributed by atoms with Crippen molar-refractivity contribution in [2.45, 2.75) is 63.8 Å². The highest BCUT2D eigenvalue weighted by molar-refractivity contribution is 5.14. The van der Waals surface area contributed by atoms with Crippen molar-refractivity contribution in [3.63, 3.8) is 0 Å². The van der Waals surface area contributed by atoms with Crippen LogP contribution in [0.4, 0.5) is 0 Å². The van der Waals surface area contributed by atoms with Crippen LogP contribution in [0.5, 0.6) is 0 Å². The molecular weight excluding hydrogens is 236 g/mol. The van der Waals surface area contributed by atoms with E-state index in [9.17, 15) is 5.11 Å². The smallest absolute Gasteiger partial charge is 0.0720 e. The van der Waals surface area contributed by atoms with Gasteiger partial charge in [0, 0.05) is 11.8 Å². The molecule has 2 fully saturated rings. The molecule has 104 valence electrons. The molecule has 0 bridgehead atoms. The van der Waals surface area contributed by atoms with Crippen LogP contribution in [0.2, 0.25) is 0 Å². The molecule has 0 radical (unpaired) electrons. The Morgan fingerprint density at radius 3 is 2.37 bits per heavy atom. The first kappa shape index (κ1) is 13.1. The molecular formula is C17H24O2. The summed E-state index contributed by atoms with van der Waals surface area (Å²) in [5.74, 6) is 0. The third-order valence-corrected chi connectivity index (χ3v) is 5.07. The van der Waals surface area contributed by atoms with E-state index >= 15 is 0 Å². The topological polar surface area (TPSA) is 29.5 Å². The van der Waals surface area contributed by atoms with Gasteiger partial charge in [-0.1, -0.05) is 56.0 Å². The van der Waals surface area contributed by atoms with Gasteiger partial charge in [-0.3, -0.25) is 0 Å². The van der Waals surface area contributed by atoms with Gasteiger partial charge in [-0.25, -0.2) is 0 Å². The van der Waals surface area contributed by atoms with Gasteiger partial charge in [0.2, 0.25) is 0 Å². The lowest BCUT2D eigenvalue weighted by Gasteiger charge is -2.53. The normalized spacial score (nSPS) is 29.7. The average molecular weight is 260 g/mol. The molecule has 0 aliphatic heterocycles. The molecule has 0 saturated heterocycles. The summed E-state index contributed by atoms with van der Waals surface area (Å²) in [6.45, 7) is 0.681. The van der Waals surface area contributed by atoms with E-state index in [4.69, 9.17) is 4.74 Å². The van der Waals surface area contributed by atoms with Crippen LogP contribution in [-0.2, 0) is 11.3 Å². The van der Waals surface area contributed by atoms with Gasteiger partial charge in [-0.2, -0.15) is 0 Å². The molecule has 1 aromatic carbocycles. The van der Waals surface area contributed by atoms with Gasteiger partial charge in [0.1, 0.15) is 0 Å². The number of aliphatic hydroxyl groups excluding tert-OH is 1. The van der Waals surface area contributed by atoms with Gasteiger partial charge < -0.3 is 9.84 Å². The minimum Gasteiger partial charge on any atom is -0.392 e. The van der Waals surface area contributed by atoms with Crippen LogP contribution in [0, 0.1) is 5.41 Å². The van der Waals surface area contributed by atoms with Gasteiger partial charge in [0.05, 0.1) is 18.8 Å². The Bertz CT molecular complexity index is 393. The lowest BCUT2D eigenvalue weighted by molar-refractivity contribution is -0.203. The van der Waals surface area contributed by atoms with Gasteiger partial charge >= 0.3 is 0 Å². The van der Waals surface area contributed by atoms with E-state index in [-0.39, 0.29) is 17.6 Å². The van der Waals surface area contributed by atoms with Crippen LogP contribution in [0.25, 0.3) is 0 Å². The van der Waals surface area contributed by atoms with E-state index in [1.807, 2.05) is 6.07 Å². The fourth-order valence-corrected chi connectivity index (χ4v) is 3.77. The SMILES string of the molecule is OC1CC(OCc2ccccc2)C12CCCCCC2. The Balaban J connectivity index is 1.61. The third kappa shape index (κ3) is 2.56. The second-order valence-electron chi connectivity index (χ2n) is 6.18. The molecule has 0 amide bonds. The van der Waals surface area contributed by atoms with Crippen LogP contribution >= 0.6 is 0 Å². The predicted molar refractivity (Wildman–Crippen MR) is 75.8 cm³/mol. The zero-order valence-electron chi connectivity index (χ0n) is 11.6. The Labute approximate surface area is 115 Å². The molecule has 1 aromatic rings. The maximum absolute atomic E-state index is 10.2. The van der Waals surface area contributed by atoms with Gasteiger partial charge in [-0.05, 0) is 18.4 Å². The Kier molecular flexibility index (Phi) is 3.90. The van der Waals surface area contributed by atoms with Crippen molar-refractivity contribution in [1.29, 1.82) is 0 Å². The first-order chi connectivity index (χ1) is 9.31. The highest BCUT2D eigenvalue weighted by Crippen LogP contribution is 2.52. The molecule has 19 heavy (non-hydrogen) atoms. The average Bonchev–Trinajstić information content (AvgIpc) is 2.72. The largest absolute Gasteiger partial charge is 0.392 e. The Hall–Kier alpha value is -0.860. The van der Waals surface area contributed by atoms with Crippen molar-refractivity contribution >= 4 is 0 Å². The van der Waals surface area contributed by atoms with Crippen molar-refractivity contribution in [3.05, 3.63) is 35.9 Å². The molecule has 2 saturated carbocycles. The molecule has 2 aliphatic carbocycles. The van der Waals surface area contributed by atoms with E-state index in [1.165, 1.54) is 31.2 Å². The summed E-state index contributed by atoms with van der Waals surface area (Å²) < 4.78 is 6.12. The van der Waals surface area contributed by atoms with Crippen LogP contribution < -0.4 is 0 Å². The van der Waals surface area contributed by atoms with Gasteiger partial charge in [-0.15, -0.1) is 0 Å². The molecule has 0 heterocycles. The van der Waals surface area contributed by atoms with E-state index in [0.717, 1.165) is 19.3 Å². The number of rotatable bonds is 3. The second-order valence-corrected chi connectivity index (χ2v) is 6.18. The van der Waals surface area contributed by atoms with Crippen molar-refractivity contribution in [2.75, 3.05) is 0 Å². The molecule has 2 atom stereocenters. The first-order valence-corrected chi connectivity index (χ1v) is 7.65. The predicted octanol–water partition coefficient (Wildman–Crippen LogP) is 3.68. The van der Waals surface area contributed by atoms with Crippen LogP contribution in [0.15, 0.2) is 30.3 Å². The number of hydrogen-bond donors (Lipinski definition) is 1. The Morgan fingerprint density at radius 1 is 1.05 bits per heavy atom. The summed E-state index contributed by atoms with van der Waals surface area (Å²) in [4.78, 5) is 0. The van der Waals surface area contributed by atoms with E-state index < -0.39 is 0 Å². The molecule has 1 spiro atoms. The zero-order chi connectivity index (χ0) is 13.1. The highest BCUT2D eigenvalue weighted by Gasteiger charge is 2.54. The second kappa shape index (κ2) is 5.64. The zero-order valence-corrected chi connectivity index (χ0v) is 11.6. The van der Waals surface area contributed by atoms with Crippen molar-refractivity contribution in [2.24, 2.45) is 5.41 Å². The van der Waals surface area contributed by atoms with E-state index in [0.29, 0.717) is 6.61 Å². The first-order valence-electron chi connectivity index (χ1n) is 7.65. The Morgan fingerprint density at radius 2 is 1.74 bits per heavy atom. The van der Waals surface area contributed by atoms with Crippen molar-refractivity contribution in [3.8, 4) is 0 Å². The number of aliphatic hydroxyl groups is 1. The maximum atomic E-state index is 10.2. The summed E-state index contributed by atoms with van der Waals surface area (Å²) >= 11 is 0. The van der Waals surface area contributed by atoms with Crippen LogP contribution in [-0.4, -0.2) is 17.3 Å². The summed E-state index contributed by atoms with van der Waals surface area (Å²) in [6, 6.07) is 10.3. The van der Waals surface area contributed by atoms with Crippen LogP contribution in [0.1, 0.15) is 50.5 Å². The lowest BCUT2D eigenvalue weighted by atomic mass is 9.59. The van der Waals surface area contributed by atoms with Gasteiger partial charge in [0.15, 0.2) is 0 Å². The molecule has 2 nitrogen and oxygen atoms in total. The standard InChI is InChI=1S/C17H24O2/c18-15-12-16(17(15)10-6-1-2-7-11-17)19-13-14-8-4-3-5-9-14/h3-5,8-9,15-16,18H,1-2,6-7,10-13H2. The minimum absolute atomic E-state index is 0.0747. The number of hydrogen-bond acceptors (Lipinski definition) is 2. The maximum Gasteiger partial charge on any atom is 0.0720 e. The molecule has 0 aromatic heterocycles. The molecule has 2 aliphatic rings.